The Morgan fingerprint density at radius 3 is 2.69 bits per heavy atom. The van der Waals surface area contributed by atoms with E-state index in [0.717, 1.165) is 0 Å². The Morgan fingerprint density at radius 2 is 2.15 bits per heavy atom. The molecule has 70 valence electrons. The lowest BCUT2D eigenvalue weighted by Crippen LogP contribution is -2.22. The number of aromatic nitrogens is 1. The quantitative estimate of drug-likeness (QED) is 0.736. The van der Waals surface area contributed by atoms with Crippen molar-refractivity contribution < 1.29 is 19.0 Å². The lowest BCUT2D eigenvalue weighted by molar-refractivity contribution is -0.136. The van der Waals surface area contributed by atoms with Crippen molar-refractivity contribution in [3.8, 4) is 0 Å². The fourth-order valence-electron chi connectivity index (χ4n) is 1.06. The van der Waals surface area contributed by atoms with Crippen molar-refractivity contribution in [3.63, 3.8) is 0 Å². The van der Waals surface area contributed by atoms with Crippen molar-refractivity contribution in [2.24, 2.45) is 0 Å². The van der Waals surface area contributed by atoms with Crippen LogP contribution in [0.3, 0.4) is 0 Å². The second-order valence-electron chi connectivity index (χ2n) is 2.74. The summed E-state index contributed by atoms with van der Waals surface area (Å²) in [6.07, 6.45) is 4.28. The third-order valence-electron chi connectivity index (χ3n) is 1.79. The Morgan fingerprint density at radius 1 is 1.46 bits per heavy atom. The zero-order valence-corrected chi connectivity index (χ0v) is 7.06. The predicted molar refractivity (Wildman–Crippen MR) is 41.1 cm³/mol. The van der Waals surface area contributed by atoms with Crippen molar-refractivity contribution in [1.82, 2.24) is 4.98 Å². The van der Waals surface area contributed by atoms with Crippen LogP contribution in [0.4, 0.5) is 0 Å². The zero-order valence-electron chi connectivity index (χ0n) is 7.06. The van der Waals surface area contributed by atoms with Crippen LogP contribution in [-0.2, 0) is 21.9 Å². The van der Waals surface area contributed by atoms with Crippen LogP contribution in [0, 0.1) is 0 Å². The van der Waals surface area contributed by atoms with Gasteiger partial charge in [0.25, 0.3) is 5.79 Å². The minimum Gasteiger partial charge on any atom is -0.451 e. The van der Waals surface area contributed by atoms with E-state index >= 15 is 0 Å². The number of aliphatic hydroxyl groups excluding tert-OH is 1. The highest BCUT2D eigenvalue weighted by atomic mass is 16.7. The molecule has 0 atom stereocenters. The van der Waals surface area contributed by atoms with E-state index in [4.69, 9.17) is 19.0 Å². The van der Waals surface area contributed by atoms with Gasteiger partial charge in [0.05, 0.1) is 0 Å². The number of rotatable bonds is 2. The van der Waals surface area contributed by atoms with Crippen LogP contribution in [0.2, 0.25) is 0 Å². The van der Waals surface area contributed by atoms with Crippen molar-refractivity contribution in [2.45, 2.75) is 19.3 Å². The largest absolute Gasteiger partial charge is 0.451 e. The summed E-state index contributed by atoms with van der Waals surface area (Å²) in [5.74, 6) is -0.674. The van der Waals surface area contributed by atoms with Gasteiger partial charge in [-0.1, -0.05) is 0 Å². The minimum absolute atomic E-state index is 0.233. The van der Waals surface area contributed by atoms with Crippen molar-refractivity contribution >= 4 is 0 Å². The Balaban J connectivity index is 2.24. The van der Waals surface area contributed by atoms with Crippen molar-refractivity contribution in [2.75, 3.05) is 0 Å². The highest BCUT2D eigenvalue weighted by Crippen LogP contribution is 2.30. The van der Waals surface area contributed by atoms with Crippen LogP contribution >= 0.6 is 0 Å². The number of hydrogen-bond donors (Lipinski definition) is 1. The SMILES string of the molecule is CC1(c2coc(CO)n2)OC=CO1. The van der Waals surface area contributed by atoms with E-state index in [9.17, 15) is 0 Å². The van der Waals surface area contributed by atoms with Crippen molar-refractivity contribution in [3.05, 3.63) is 30.4 Å². The average molecular weight is 183 g/mol. The first-order valence-corrected chi connectivity index (χ1v) is 3.81. The molecule has 13 heavy (non-hydrogen) atoms. The molecule has 1 aromatic heterocycles. The molecule has 2 heterocycles. The van der Waals surface area contributed by atoms with E-state index in [0.29, 0.717) is 5.69 Å². The molecule has 0 radical (unpaired) electrons. The Bertz CT molecular complexity index is 323. The molecular formula is C8H9NO4. The van der Waals surface area contributed by atoms with Crippen LogP contribution in [0.25, 0.3) is 0 Å². The summed E-state index contributed by atoms with van der Waals surface area (Å²) in [6, 6.07) is 0. The van der Waals surface area contributed by atoms with Crippen LogP contribution < -0.4 is 0 Å². The first kappa shape index (κ1) is 8.12. The molecule has 1 N–H and O–H groups in total. The summed E-state index contributed by atoms with van der Waals surface area (Å²) in [7, 11) is 0. The van der Waals surface area contributed by atoms with E-state index in [1.54, 1.807) is 6.92 Å². The van der Waals surface area contributed by atoms with Crippen LogP contribution in [-0.4, -0.2) is 10.1 Å². The molecule has 0 spiro atoms. The minimum atomic E-state index is -0.920. The van der Waals surface area contributed by atoms with E-state index in [2.05, 4.69) is 4.98 Å². The standard InChI is InChI=1S/C8H9NO4/c1-8(12-2-3-13-8)6-5-11-7(4-10)9-6/h2-3,5,10H,4H2,1H3. The topological polar surface area (TPSA) is 64.7 Å². The molecule has 5 nitrogen and oxygen atoms in total. The maximum Gasteiger partial charge on any atom is 0.294 e. The fourth-order valence-corrected chi connectivity index (χ4v) is 1.06. The molecule has 0 unspecified atom stereocenters. The highest BCUT2D eigenvalue weighted by Gasteiger charge is 2.35. The van der Waals surface area contributed by atoms with E-state index < -0.39 is 5.79 Å². The summed E-state index contributed by atoms with van der Waals surface area (Å²) in [4.78, 5) is 3.98. The number of oxazole rings is 1. The van der Waals surface area contributed by atoms with Crippen molar-refractivity contribution in [1.29, 1.82) is 0 Å². The summed E-state index contributed by atoms with van der Waals surface area (Å²) in [5, 5.41) is 8.72. The van der Waals surface area contributed by atoms with Gasteiger partial charge in [0.15, 0.2) is 5.69 Å². The van der Waals surface area contributed by atoms with Gasteiger partial charge in [0.1, 0.15) is 25.4 Å². The summed E-state index contributed by atoms with van der Waals surface area (Å²) < 4.78 is 15.3. The van der Waals surface area contributed by atoms with Gasteiger partial charge in [-0.25, -0.2) is 4.98 Å². The maximum absolute atomic E-state index is 8.72. The molecule has 2 rings (SSSR count). The molecular weight excluding hydrogens is 174 g/mol. The second-order valence-corrected chi connectivity index (χ2v) is 2.74. The van der Waals surface area contributed by atoms with E-state index in [1.165, 1.54) is 18.8 Å². The van der Waals surface area contributed by atoms with E-state index in [1.807, 2.05) is 0 Å². The predicted octanol–water partition coefficient (Wildman–Crippen LogP) is 0.858. The smallest absolute Gasteiger partial charge is 0.294 e. The first-order valence-electron chi connectivity index (χ1n) is 3.81. The fraction of sp³-hybridized carbons (Fsp3) is 0.375. The van der Waals surface area contributed by atoms with Crippen LogP contribution in [0.15, 0.2) is 23.2 Å². The summed E-state index contributed by atoms with van der Waals surface area (Å²) in [6.45, 7) is 1.48. The van der Waals surface area contributed by atoms with Gasteiger partial charge in [0.2, 0.25) is 5.89 Å². The van der Waals surface area contributed by atoms with Gasteiger partial charge in [0, 0.05) is 6.92 Å². The Labute approximate surface area is 74.6 Å². The van der Waals surface area contributed by atoms with Gasteiger partial charge >= 0.3 is 0 Å². The zero-order chi connectivity index (χ0) is 9.31. The average Bonchev–Trinajstić information content (AvgIpc) is 2.72. The molecule has 0 fully saturated rings. The highest BCUT2D eigenvalue weighted by molar-refractivity contribution is 5.06. The lowest BCUT2D eigenvalue weighted by atomic mass is 10.2. The molecule has 1 aliphatic heterocycles. The number of hydrogen-bond acceptors (Lipinski definition) is 5. The molecule has 0 amide bonds. The maximum atomic E-state index is 8.72. The van der Waals surface area contributed by atoms with Gasteiger partial charge in [-0.15, -0.1) is 0 Å². The summed E-state index contributed by atoms with van der Waals surface area (Å²) >= 11 is 0. The van der Waals surface area contributed by atoms with Gasteiger partial charge in [-0.3, -0.25) is 0 Å². The Hall–Kier alpha value is -1.49. The molecule has 1 aliphatic rings. The summed E-state index contributed by atoms with van der Waals surface area (Å²) in [5.41, 5.74) is 0.501. The molecule has 1 aromatic rings. The van der Waals surface area contributed by atoms with Gasteiger partial charge in [-0.2, -0.15) is 0 Å². The number of nitrogens with zero attached hydrogens (tertiary/aromatic N) is 1. The molecule has 0 aromatic carbocycles. The third-order valence-corrected chi connectivity index (χ3v) is 1.79. The first-order chi connectivity index (χ1) is 6.24. The van der Waals surface area contributed by atoms with Crippen LogP contribution in [0.5, 0.6) is 0 Å². The Kier molecular flexibility index (Phi) is 1.73. The second kappa shape index (κ2) is 2.77. The molecule has 0 saturated heterocycles. The number of aliphatic hydroxyl groups is 1. The molecule has 0 aliphatic carbocycles. The van der Waals surface area contributed by atoms with E-state index in [-0.39, 0.29) is 12.5 Å². The van der Waals surface area contributed by atoms with Gasteiger partial charge in [-0.05, 0) is 0 Å². The molecule has 5 heteroatoms. The van der Waals surface area contributed by atoms with Gasteiger partial charge < -0.3 is 19.0 Å². The third kappa shape index (κ3) is 1.27. The number of ether oxygens (including phenoxy) is 2. The normalized spacial score (nSPS) is 18.3. The molecule has 0 saturated carbocycles. The monoisotopic (exact) mass is 183 g/mol. The molecule has 0 bridgehead atoms. The van der Waals surface area contributed by atoms with Crippen LogP contribution in [0.1, 0.15) is 18.5 Å². The lowest BCUT2D eigenvalue weighted by Gasteiger charge is -2.19.